The Kier molecular flexibility index (Phi) is 9.71. The number of aliphatic hydroxyl groups excluding tert-OH is 3. The average molecular weight is 633 g/mol. The second kappa shape index (κ2) is 13.2. The summed E-state index contributed by atoms with van der Waals surface area (Å²) < 4.78 is 5.26. The van der Waals surface area contributed by atoms with Crippen molar-refractivity contribution in [2.45, 2.75) is 58.3 Å². The molecule has 0 amide bonds. The zero-order valence-electron chi connectivity index (χ0n) is 25.7. The molecule has 11 nitrogen and oxygen atoms in total. The van der Waals surface area contributed by atoms with Crippen molar-refractivity contribution in [2.24, 2.45) is 5.92 Å². The van der Waals surface area contributed by atoms with Gasteiger partial charge in [0.25, 0.3) is 0 Å². The van der Waals surface area contributed by atoms with Gasteiger partial charge in [-0.2, -0.15) is 0 Å². The normalized spacial score (nSPS) is 23.5. The number of Topliss-reactive ketones (excluding diaryl/α,β-unsaturated/α-hetero) is 1. The predicted molar refractivity (Wildman–Crippen MR) is 168 cm³/mol. The summed E-state index contributed by atoms with van der Waals surface area (Å²) in [5.74, 6) is -5.00. The molecule has 2 aromatic rings. The van der Waals surface area contributed by atoms with Crippen LogP contribution in [0.1, 0.15) is 57.2 Å². The summed E-state index contributed by atoms with van der Waals surface area (Å²) in [5, 5.41) is 75.3. The largest absolute Gasteiger partial charge is 0.508 e. The van der Waals surface area contributed by atoms with Crippen LogP contribution in [0, 0.1) is 5.92 Å². The fourth-order valence-corrected chi connectivity index (χ4v) is 5.48. The molecular formula is C35H36O11. The number of benzene rings is 2. The van der Waals surface area contributed by atoms with Gasteiger partial charge in [-0.05, 0) is 72.9 Å². The Morgan fingerprint density at radius 3 is 2.17 bits per heavy atom. The van der Waals surface area contributed by atoms with E-state index in [0.29, 0.717) is 5.56 Å². The molecule has 0 radical (unpaired) electrons. The predicted octanol–water partition coefficient (Wildman–Crippen LogP) is 3.99. The van der Waals surface area contributed by atoms with E-state index < -0.39 is 70.2 Å². The van der Waals surface area contributed by atoms with E-state index in [1.165, 1.54) is 36.4 Å². The molecule has 2 aliphatic rings. The van der Waals surface area contributed by atoms with E-state index in [4.69, 9.17) is 4.74 Å². The zero-order chi connectivity index (χ0) is 34.1. The standard InChI is InChI=1S/C35H36O11/c1-5-17(2)12-18(3)6-9-22(38)14-25-30(35(45,19(4)36)33(43)31(25)41)24-16-27(40)26(39)15-23(24)29-32(42)28(46-34(29)44)13-20-7-10-21(37)11-8-20/h6-13,15-17,31,33,37,39-43,45H,5,14H2,1-4H3/b9-6+,18-12+,28-13-. The molecule has 0 saturated carbocycles. The second-order valence-corrected chi connectivity index (χ2v) is 11.5. The number of carbonyl (C=O) groups is 3. The minimum Gasteiger partial charge on any atom is -0.508 e. The number of aliphatic hydroxyl groups is 4. The van der Waals surface area contributed by atoms with Crippen molar-refractivity contribution in [1.29, 1.82) is 0 Å². The number of cyclic esters (lactones) is 1. The van der Waals surface area contributed by atoms with Gasteiger partial charge in [0.1, 0.15) is 23.5 Å². The zero-order valence-corrected chi connectivity index (χ0v) is 25.7. The number of allylic oxidation sites excluding steroid dienone is 4. The van der Waals surface area contributed by atoms with Crippen LogP contribution in [-0.4, -0.2) is 71.1 Å². The van der Waals surface area contributed by atoms with Gasteiger partial charge in [-0.1, -0.05) is 50.1 Å². The van der Waals surface area contributed by atoms with E-state index in [1.807, 2.05) is 19.9 Å². The van der Waals surface area contributed by atoms with Gasteiger partial charge >= 0.3 is 5.97 Å². The SMILES string of the molecule is CCC(C)/C=C(C)/C=C/C(=O)CC1=C(c2cc(O)c(O)cc2C2=C(O)/C(=C/c3ccc(O)cc3)OC2=O)C(O)(C(C)=O)C(O)C1O. The molecule has 0 bridgehead atoms. The summed E-state index contributed by atoms with van der Waals surface area (Å²) in [6.45, 7) is 6.78. The van der Waals surface area contributed by atoms with Crippen molar-refractivity contribution >= 4 is 34.8 Å². The third-order valence-corrected chi connectivity index (χ3v) is 8.13. The van der Waals surface area contributed by atoms with Crippen molar-refractivity contribution in [1.82, 2.24) is 0 Å². The third kappa shape index (κ3) is 6.38. The third-order valence-electron chi connectivity index (χ3n) is 8.13. The summed E-state index contributed by atoms with van der Waals surface area (Å²) in [5.41, 5.74) is -3.57. The van der Waals surface area contributed by atoms with E-state index >= 15 is 0 Å². The topological polar surface area (TPSA) is 202 Å². The first-order chi connectivity index (χ1) is 21.6. The van der Waals surface area contributed by atoms with Crippen LogP contribution in [0.25, 0.3) is 17.2 Å². The van der Waals surface area contributed by atoms with Crippen molar-refractivity contribution in [2.75, 3.05) is 0 Å². The fraction of sp³-hybridized carbons (Fsp3) is 0.286. The maximum Gasteiger partial charge on any atom is 0.348 e. The Bertz CT molecular complexity index is 1740. The van der Waals surface area contributed by atoms with E-state index in [2.05, 4.69) is 0 Å². The second-order valence-electron chi connectivity index (χ2n) is 11.5. The molecule has 242 valence electrons. The highest BCUT2D eigenvalue weighted by molar-refractivity contribution is 6.23. The van der Waals surface area contributed by atoms with Gasteiger partial charge in [-0.3, -0.25) is 9.59 Å². The van der Waals surface area contributed by atoms with Crippen LogP contribution in [0.15, 0.2) is 77.3 Å². The Morgan fingerprint density at radius 2 is 1.59 bits per heavy atom. The van der Waals surface area contributed by atoms with Crippen molar-refractivity contribution < 1.29 is 54.9 Å². The van der Waals surface area contributed by atoms with Crippen LogP contribution in [-0.2, 0) is 19.1 Å². The lowest BCUT2D eigenvalue weighted by Gasteiger charge is -2.29. The van der Waals surface area contributed by atoms with Crippen LogP contribution in [0.3, 0.4) is 0 Å². The molecule has 4 rings (SSSR count). The molecule has 0 spiro atoms. The number of ether oxygens (including phenoxy) is 1. The number of phenolic OH excluding ortho intramolecular Hbond substituents is 3. The lowest BCUT2D eigenvalue weighted by molar-refractivity contribution is -0.142. The highest BCUT2D eigenvalue weighted by atomic mass is 16.6. The lowest BCUT2D eigenvalue weighted by atomic mass is 9.81. The first-order valence-electron chi connectivity index (χ1n) is 14.6. The minimum absolute atomic E-state index is 0.0233. The van der Waals surface area contributed by atoms with Gasteiger partial charge in [-0.25, -0.2) is 4.79 Å². The quantitative estimate of drug-likeness (QED) is 0.0864. The molecule has 7 N–H and O–H groups in total. The van der Waals surface area contributed by atoms with Crippen LogP contribution < -0.4 is 0 Å². The molecule has 0 saturated heterocycles. The van der Waals surface area contributed by atoms with E-state index in [0.717, 1.165) is 31.1 Å². The Morgan fingerprint density at radius 1 is 0.978 bits per heavy atom. The molecule has 2 aromatic carbocycles. The average Bonchev–Trinajstić information content (AvgIpc) is 3.38. The molecule has 0 fully saturated rings. The number of phenols is 3. The van der Waals surface area contributed by atoms with Gasteiger partial charge in [0, 0.05) is 17.6 Å². The lowest BCUT2D eigenvalue weighted by Crippen LogP contribution is -2.50. The minimum atomic E-state index is -2.83. The molecule has 11 heteroatoms. The fourth-order valence-electron chi connectivity index (χ4n) is 5.48. The number of rotatable bonds is 10. The van der Waals surface area contributed by atoms with Gasteiger partial charge in [0.15, 0.2) is 40.2 Å². The first kappa shape index (κ1) is 33.9. The summed E-state index contributed by atoms with van der Waals surface area (Å²) in [4.78, 5) is 39.2. The maximum absolute atomic E-state index is 13.2. The molecule has 1 aliphatic heterocycles. The van der Waals surface area contributed by atoms with Crippen LogP contribution in [0.5, 0.6) is 17.2 Å². The Labute approximate surface area is 265 Å². The van der Waals surface area contributed by atoms with Gasteiger partial charge < -0.3 is 40.5 Å². The van der Waals surface area contributed by atoms with E-state index in [9.17, 15) is 50.1 Å². The molecular weight excluding hydrogens is 596 g/mol. The van der Waals surface area contributed by atoms with Crippen LogP contribution in [0.4, 0.5) is 0 Å². The molecule has 46 heavy (non-hydrogen) atoms. The highest BCUT2D eigenvalue weighted by Gasteiger charge is 2.56. The summed E-state index contributed by atoms with van der Waals surface area (Å²) in [7, 11) is 0. The number of hydrogen-bond acceptors (Lipinski definition) is 11. The summed E-state index contributed by atoms with van der Waals surface area (Å²) >= 11 is 0. The van der Waals surface area contributed by atoms with Crippen LogP contribution >= 0.6 is 0 Å². The smallest absolute Gasteiger partial charge is 0.348 e. The van der Waals surface area contributed by atoms with E-state index in [-0.39, 0.29) is 34.1 Å². The number of ketones is 2. The molecule has 4 unspecified atom stereocenters. The molecule has 4 atom stereocenters. The highest BCUT2D eigenvalue weighted by Crippen LogP contribution is 2.49. The number of carbonyl (C=O) groups excluding carboxylic acids is 3. The molecule has 1 heterocycles. The van der Waals surface area contributed by atoms with Crippen LogP contribution in [0.2, 0.25) is 0 Å². The number of aromatic hydroxyl groups is 3. The molecule has 0 aromatic heterocycles. The van der Waals surface area contributed by atoms with Crippen molar-refractivity contribution in [3.05, 3.63) is 94.0 Å². The first-order valence-corrected chi connectivity index (χ1v) is 14.6. The van der Waals surface area contributed by atoms with Crippen molar-refractivity contribution in [3.8, 4) is 17.2 Å². The maximum atomic E-state index is 13.2. The van der Waals surface area contributed by atoms with Crippen molar-refractivity contribution in [3.63, 3.8) is 0 Å². The summed E-state index contributed by atoms with van der Waals surface area (Å²) in [6.07, 6.45) is 2.31. The van der Waals surface area contributed by atoms with E-state index in [1.54, 1.807) is 13.0 Å². The Hall–Kier alpha value is -4.97. The molecule has 1 aliphatic carbocycles. The summed E-state index contributed by atoms with van der Waals surface area (Å²) in [6, 6.07) is 7.47. The van der Waals surface area contributed by atoms with Gasteiger partial charge in [0.05, 0.1) is 0 Å². The number of hydrogen-bond donors (Lipinski definition) is 7. The van der Waals surface area contributed by atoms with Gasteiger partial charge in [-0.15, -0.1) is 0 Å². The Balaban J connectivity index is 1.93. The van der Waals surface area contributed by atoms with Gasteiger partial charge in [0.2, 0.25) is 0 Å². The number of esters is 1. The monoisotopic (exact) mass is 632 g/mol.